The fraction of sp³-hybridized carbons (Fsp3) is 0.917. The van der Waals surface area contributed by atoms with Crippen LogP contribution in [0.25, 0.3) is 0 Å². The van der Waals surface area contributed by atoms with Gasteiger partial charge in [0.25, 0.3) is 0 Å². The van der Waals surface area contributed by atoms with Crippen LogP contribution in [0.3, 0.4) is 0 Å². The largest absolute Gasteiger partial charge is 0.392 e. The summed E-state index contributed by atoms with van der Waals surface area (Å²) in [6.45, 7) is 6.79. The summed E-state index contributed by atoms with van der Waals surface area (Å²) in [5.74, 6) is 0.0988. The highest BCUT2D eigenvalue weighted by Crippen LogP contribution is 2.09. The number of hydrogen-bond acceptors (Lipinski definition) is 4. The van der Waals surface area contributed by atoms with E-state index in [1.807, 2.05) is 20.8 Å². The maximum absolute atomic E-state index is 11.3. The lowest BCUT2D eigenvalue weighted by Crippen LogP contribution is -2.25. The van der Waals surface area contributed by atoms with Gasteiger partial charge in [0.1, 0.15) is 5.78 Å². The van der Waals surface area contributed by atoms with Crippen LogP contribution in [-0.4, -0.2) is 36.5 Å². The molecule has 0 spiro atoms. The molecule has 0 aromatic rings. The quantitative estimate of drug-likeness (QED) is 0.584. The van der Waals surface area contributed by atoms with E-state index in [1.54, 1.807) is 0 Å². The van der Waals surface area contributed by atoms with Crippen LogP contribution < -0.4 is 0 Å². The van der Waals surface area contributed by atoms with Gasteiger partial charge in [-0.25, -0.2) is 0 Å². The number of hydrogen-bond donors (Lipinski definition) is 1. The van der Waals surface area contributed by atoms with E-state index in [9.17, 15) is 9.90 Å². The molecule has 1 N–H and O–H groups in total. The molecule has 0 aliphatic carbocycles. The van der Waals surface area contributed by atoms with Crippen LogP contribution in [0.4, 0.5) is 0 Å². The Labute approximate surface area is 97.9 Å². The molecule has 4 nitrogen and oxygen atoms in total. The number of Topliss-reactive ketones (excluding diaryl/α,β-unsaturated/α-hetero) is 1. The smallest absolute Gasteiger partial charge is 0.160 e. The number of carbonyl (C=O) groups excluding carboxylic acids is 1. The lowest BCUT2D eigenvalue weighted by atomic mass is 10.1. The van der Waals surface area contributed by atoms with Crippen LogP contribution in [-0.2, 0) is 14.3 Å². The minimum Gasteiger partial charge on any atom is -0.392 e. The molecule has 16 heavy (non-hydrogen) atoms. The Balaban J connectivity index is 3.88. The minimum atomic E-state index is -0.665. The maximum atomic E-state index is 11.3. The summed E-state index contributed by atoms with van der Waals surface area (Å²) >= 11 is 0. The third-order valence-corrected chi connectivity index (χ3v) is 2.16. The van der Waals surface area contributed by atoms with Crippen LogP contribution in [0.2, 0.25) is 0 Å². The van der Waals surface area contributed by atoms with Gasteiger partial charge in [-0.3, -0.25) is 4.79 Å². The fourth-order valence-corrected chi connectivity index (χ4v) is 1.51. The average Bonchev–Trinajstić information content (AvgIpc) is 2.18. The molecule has 0 fully saturated rings. The molecule has 4 heteroatoms. The molecule has 0 amide bonds. The molecular formula is C12H24O4. The molecule has 0 aliphatic rings. The van der Waals surface area contributed by atoms with Gasteiger partial charge in [-0.05, 0) is 20.3 Å². The summed E-state index contributed by atoms with van der Waals surface area (Å²) in [6, 6.07) is 0. The van der Waals surface area contributed by atoms with Crippen molar-refractivity contribution in [2.24, 2.45) is 0 Å². The van der Waals surface area contributed by atoms with Gasteiger partial charge >= 0.3 is 0 Å². The topological polar surface area (TPSA) is 55.8 Å². The van der Waals surface area contributed by atoms with E-state index in [2.05, 4.69) is 0 Å². The van der Waals surface area contributed by atoms with Crippen molar-refractivity contribution in [3.63, 3.8) is 0 Å². The highest BCUT2D eigenvalue weighted by atomic mass is 16.7. The number of ether oxygens (including phenoxy) is 2. The van der Waals surface area contributed by atoms with Crippen LogP contribution >= 0.6 is 0 Å². The Bertz CT molecular complexity index is 176. The molecule has 0 heterocycles. The molecule has 0 saturated carbocycles. The molecule has 0 bridgehead atoms. The first-order chi connectivity index (χ1) is 7.63. The van der Waals surface area contributed by atoms with E-state index in [0.717, 1.165) is 6.42 Å². The first kappa shape index (κ1) is 15.6. The van der Waals surface area contributed by atoms with E-state index < -0.39 is 12.4 Å². The molecule has 0 aromatic carbocycles. The lowest BCUT2D eigenvalue weighted by Gasteiger charge is -2.19. The Kier molecular flexibility index (Phi) is 9.48. The maximum Gasteiger partial charge on any atom is 0.160 e. The Morgan fingerprint density at radius 1 is 1.19 bits per heavy atom. The van der Waals surface area contributed by atoms with Crippen molar-refractivity contribution in [1.82, 2.24) is 0 Å². The monoisotopic (exact) mass is 232 g/mol. The van der Waals surface area contributed by atoms with Gasteiger partial charge in [-0.1, -0.05) is 6.92 Å². The summed E-state index contributed by atoms with van der Waals surface area (Å²) in [5, 5.41) is 9.69. The number of aliphatic hydroxyl groups excluding tert-OH is 1. The Morgan fingerprint density at radius 3 is 2.19 bits per heavy atom. The van der Waals surface area contributed by atoms with Gasteiger partial charge < -0.3 is 14.6 Å². The van der Waals surface area contributed by atoms with Gasteiger partial charge in [-0.2, -0.15) is 0 Å². The summed E-state index contributed by atoms with van der Waals surface area (Å²) in [7, 11) is 0. The molecule has 0 aromatic heterocycles. The van der Waals surface area contributed by atoms with Crippen LogP contribution in [0.1, 0.15) is 46.5 Å². The van der Waals surface area contributed by atoms with Crippen molar-refractivity contribution < 1.29 is 19.4 Å². The molecule has 1 atom stereocenters. The van der Waals surface area contributed by atoms with Gasteiger partial charge in [0.15, 0.2) is 6.29 Å². The van der Waals surface area contributed by atoms with Gasteiger partial charge in [0, 0.05) is 32.5 Å². The Hall–Kier alpha value is -0.450. The summed E-state index contributed by atoms with van der Waals surface area (Å²) < 4.78 is 10.6. The molecular weight excluding hydrogens is 208 g/mol. The second-order valence-corrected chi connectivity index (χ2v) is 3.72. The second kappa shape index (κ2) is 9.75. The van der Waals surface area contributed by atoms with Gasteiger partial charge in [0.2, 0.25) is 0 Å². The summed E-state index contributed by atoms with van der Waals surface area (Å²) in [6.07, 6.45) is 0.847. The predicted octanol–water partition coefficient (Wildman–Crippen LogP) is 1.90. The second-order valence-electron chi connectivity index (χ2n) is 3.72. The highest BCUT2D eigenvalue weighted by Gasteiger charge is 2.17. The molecule has 0 aliphatic heterocycles. The van der Waals surface area contributed by atoms with E-state index in [1.165, 1.54) is 0 Å². The zero-order chi connectivity index (χ0) is 12.4. The van der Waals surface area contributed by atoms with Crippen molar-refractivity contribution in [2.75, 3.05) is 13.2 Å². The highest BCUT2D eigenvalue weighted by molar-refractivity contribution is 5.78. The summed E-state index contributed by atoms with van der Waals surface area (Å²) in [5.41, 5.74) is 0. The third kappa shape index (κ3) is 7.79. The van der Waals surface area contributed by atoms with Crippen molar-refractivity contribution in [2.45, 2.75) is 58.8 Å². The minimum absolute atomic E-state index is 0.0988. The normalized spacial score (nSPS) is 13.1. The fourth-order valence-electron chi connectivity index (χ4n) is 1.51. The van der Waals surface area contributed by atoms with Crippen molar-refractivity contribution in [3.05, 3.63) is 0 Å². The predicted molar refractivity (Wildman–Crippen MR) is 62.2 cm³/mol. The number of aliphatic hydroxyl groups is 1. The number of carbonyl (C=O) groups is 1. The van der Waals surface area contributed by atoms with Crippen molar-refractivity contribution >= 4 is 5.78 Å². The van der Waals surface area contributed by atoms with Gasteiger partial charge in [0.05, 0.1) is 6.10 Å². The van der Waals surface area contributed by atoms with Crippen LogP contribution in [0.15, 0.2) is 0 Å². The summed E-state index contributed by atoms with van der Waals surface area (Å²) in [4.78, 5) is 11.3. The molecule has 96 valence electrons. The first-order valence-electron chi connectivity index (χ1n) is 6.06. The van der Waals surface area contributed by atoms with Crippen molar-refractivity contribution in [3.8, 4) is 0 Å². The van der Waals surface area contributed by atoms with Crippen molar-refractivity contribution in [1.29, 1.82) is 0 Å². The first-order valence-corrected chi connectivity index (χ1v) is 6.06. The molecule has 0 radical (unpaired) electrons. The van der Waals surface area contributed by atoms with E-state index in [0.29, 0.717) is 26.1 Å². The SMILES string of the molecule is CCCC(=O)CC(O)CC(OCC)OCC. The Morgan fingerprint density at radius 2 is 1.75 bits per heavy atom. The average molecular weight is 232 g/mol. The number of ketones is 1. The molecule has 0 saturated heterocycles. The van der Waals surface area contributed by atoms with Crippen LogP contribution in [0.5, 0.6) is 0 Å². The molecule has 0 rings (SSSR count). The lowest BCUT2D eigenvalue weighted by molar-refractivity contribution is -0.154. The molecule has 1 unspecified atom stereocenters. The van der Waals surface area contributed by atoms with Gasteiger partial charge in [-0.15, -0.1) is 0 Å². The zero-order valence-corrected chi connectivity index (χ0v) is 10.6. The van der Waals surface area contributed by atoms with E-state index in [4.69, 9.17) is 9.47 Å². The standard InChI is InChI=1S/C12H24O4/c1-4-7-10(13)8-11(14)9-12(15-5-2)16-6-3/h11-12,14H,4-9H2,1-3H3. The van der Waals surface area contributed by atoms with Crippen LogP contribution in [0, 0.1) is 0 Å². The third-order valence-electron chi connectivity index (χ3n) is 2.16. The van der Waals surface area contributed by atoms with E-state index >= 15 is 0 Å². The zero-order valence-electron chi connectivity index (χ0n) is 10.6. The number of rotatable bonds is 10. The van der Waals surface area contributed by atoms with E-state index in [-0.39, 0.29) is 12.2 Å².